The van der Waals surface area contributed by atoms with Crippen molar-refractivity contribution in [1.82, 2.24) is 5.16 Å². The predicted molar refractivity (Wildman–Crippen MR) is 68.8 cm³/mol. The minimum Gasteiger partial charge on any atom is -0.399 e. The van der Waals surface area contributed by atoms with E-state index < -0.39 is 11.6 Å². The van der Waals surface area contributed by atoms with Gasteiger partial charge in [0.15, 0.2) is 11.6 Å². The molecule has 102 valence electrons. The van der Waals surface area contributed by atoms with Crippen molar-refractivity contribution < 1.29 is 13.3 Å². The highest BCUT2D eigenvalue weighted by Gasteiger charge is 2.19. The van der Waals surface area contributed by atoms with Gasteiger partial charge in [0.1, 0.15) is 11.4 Å². The summed E-state index contributed by atoms with van der Waals surface area (Å²) >= 11 is 0. The molecule has 1 aromatic carbocycles. The molecule has 0 amide bonds. The largest absolute Gasteiger partial charge is 0.399 e. The van der Waals surface area contributed by atoms with Gasteiger partial charge in [-0.15, -0.1) is 0 Å². The number of nitrogen functional groups attached to an aromatic ring is 1. The van der Waals surface area contributed by atoms with Gasteiger partial charge in [-0.25, -0.2) is 8.78 Å². The summed E-state index contributed by atoms with van der Waals surface area (Å²) in [6.45, 7) is 5.31. The Kier molecular flexibility index (Phi) is 3.42. The zero-order valence-electron chi connectivity index (χ0n) is 10.9. The van der Waals surface area contributed by atoms with Gasteiger partial charge < -0.3 is 15.6 Å². The first-order valence-corrected chi connectivity index (χ1v) is 5.84. The third-order valence-corrected chi connectivity index (χ3v) is 2.95. The van der Waals surface area contributed by atoms with E-state index in [2.05, 4.69) is 10.5 Å². The van der Waals surface area contributed by atoms with Crippen molar-refractivity contribution in [3.8, 4) is 0 Å². The molecule has 19 heavy (non-hydrogen) atoms. The molecule has 1 aromatic heterocycles. The molecular formula is C13H15F2N3O. The lowest BCUT2D eigenvalue weighted by Crippen LogP contribution is -2.11. The van der Waals surface area contributed by atoms with Crippen molar-refractivity contribution in [3.63, 3.8) is 0 Å². The second-order valence-electron chi connectivity index (χ2n) is 4.46. The summed E-state index contributed by atoms with van der Waals surface area (Å²) in [5, 5.41) is 6.60. The number of nitrogens with zero attached hydrogens (tertiary/aromatic N) is 1. The molecule has 0 aliphatic heterocycles. The van der Waals surface area contributed by atoms with Crippen LogP contribution in [0.2, 0.25) is 0 Å². The highest BCUT2D eigenvalue weighted by atomic mass is 19.1. The number of halogens is 2. The van der Waals surface area contributed by atoms with E-state index in [9.17, 15) is 8.78 Å². The average Bonchev–Trinajstić information content (AvgIpc) is 2.63. The van der Waals surface area contributed by atoms with Crippen LogP contribution < -0.4 is 11.1 Å². The van der Waals surface area contributed by atoms with Crippen LogP contribution in [0.1, 0.15) is 30.0 Å². The lowest BCUT2D eigenvalue weighted by molar-refractivity contribution is 0.392. The highest BCUT2D eigenvalue weighted by Crippen LogP contribution is 2.29. The maximum absolute atomic E-state index is 13.7. The summed E-state index contributed by atoms with van der Waals surface area (Å²) in [4.78, 5) is 0. The molecule has 2 rings (SSSR count). The van der Waals surface area contributed by atoms with E-state index in [0.29, 0.717) is 11.5 Å². The topological polar surface area (TPSA) is 64.1 Å². The Bertz CT molecular complexity index is 567. The first kappa shape index (κ1) is 13.3. The van der Waals surface area contributed by atoms with E-state index in [4.69, 9.17) is 10.3 Å². The van der Waals surface area contributed by atoms with Gasteiger partial charge in [0, 0.05) is 11.3 Å². The number of benzene rings is 1. The lowest BCUT2D eigenvalue weighted by atomic mass is 10.1. The van der Waals surface area contributed by atoms with E-state index in [0.717, 1.165) is 17.7 Å². The van der Waals surface area contributed by atoms with E-state index in [1.807, 2.05) is 0 Å². The van der Waals surface area contributed by atoms with Crippen LogP contribution in [0.5, 0.6) is 0 Å². The number of anilines is 2. The molecule has 0 aliphatic rings. The number of hydrogen-bond acceptors (Lipinski definition) is 4. The van der Waals surface area contributed by atoms with E-state index >= 15 is 0 Å². The molecule has 0 spiro atoms. The van der Waals surface area contributed by atoms with Crippen LogP contribution in [0, 0.1) is 25.5 Å². The molecule has 0 radical (unpaired) electrons. The first-order chi connectivity index (χ1) is 8.90. The molecule has 1 unspecified atom stereocenters. The van der Waals surface area contributed by atoms with Crippen LogP contribution in [-0.2, 0) is 0 Å². The molecule has 2 aromatic rings. The van der Waals surface area contributed by atoms with Crippen molar-refractivity contribution in [1.29, 1.82) is 0 Å². The molecular weight excluding hydrogens is 252 g/mol. The Labute approximate surface area is 109 Å². The molecule has 0 aliphatic carbocycles. The van der Waals surface area contributed by atoms with Gasteiger partial charge in [0.05, 0.1) is 11.7 Å². The van der Waals surface area contributed by atoms with Crippen LogP contribution in [0.4, 0.5) is 20.2 Å². The molecule has 0 saturated heterocycles. The van der Waals surface area contributed by atoms with Crippen LogP contribution >= 0.6 is 0 Å². The molecule has 1 heterocycles. The number of nitrogens with one attached hydrogen (secondary N) is 1. The number of nitrogens with two attached hydrogens (primary N) is 1. The van der Waals surface area contributed by atoms with Crippen LogP contribution in [0.3, 0.4) is 0 Å². The SMILES string of the molecule is Cc1noc(C)c1C(C)Nc1c(F)cc(N)cc1F. The number of hydrogen-bond donors (Lipinski definition) is 2. The highest BCUT2D eigenvalue weighted by molar-refractivity contribution is 5.55. The molecule has 0 bridgehead atoms. The molecule has 0 saturated carbocycles. The van der Waals surface area contributed by atoms with Gasteiger partial charge in [0.2, 0.25) is 0 Å². The molecule has 3 N–H and O–H groups in total. The van der Waals surface area contributed by atoms with Gasteiger partial charge in [-0.1, -0.05) is 5.16 Å². The zero-order chi connectivity index (χ0) is 14.2. The van der Waals surface area contributed by atoms with Gasteiger partial charge in [-0.3, -0.25) is 0 Å². The molecule has 1 atom stereocenters. The Morgan fingerprint density at radius 3 is 2.32 bits per heavy atom. The van der Waals surface area contributed by atoms with E-state index in [1.54, 1.807) is 20.8 Å². The normalized spacial score (nSPS) is 12.5. The van der Waals surface area contributed by atoms with E-state index in [-0.39, 0.29) is 17.4 Å². The average molecular weight is 267 g/mol. The van der Waals surface area contributed by atoms with Crippen LogP contribution in [-0.4, -0.2) is 5.16 Å². The lowest BCUT2D eigenvalue weighted by Gasteiger charge is -2.16. The second-order valence-corrected chi connectivity index (χ2v) is 4.46. The Hall–Kier alpha value is -2.11. The Balaban J connectivity index is 2.32. The second kappa shape index (κ2) is 4.87. The minimum absolute atomic E-state index is 0.0468. The first-order valence-electron chi connectivity index (χ1n) is 5.84. The maximum Gasteiger partial charge on any atom is 0.151 e. The maximum atomic E-state index is 13.7. The fourth-order valence-corrected chi connectivity index (χ4v) is 2.13. The van der Waals surface area contributed by atoms with Gasteiger partial charge >= 0.3 is 0 Å². The summed E-state index contributed by atoms with van der Waals surface area (Å²) in [6, 6.07) is 1.82. The predicted octanol–water partition coefficient (Wildman–Crippen LogP) is 3.32. The minimum atomic E-state index is -0.726. The van der Waals surface area contributed by atoms with Crippen LogP contribution in [0.25, 0.3) is 0 Å². The van der Waals surface area contributed by atoms with Crippen LogP contribution in [0.15, 0.2) is 16.7 Å². The molecule has 0 fully saturated rings. The van der Waals surface area contributed by atoms with E-state index in [1.165, 1.54) is 0 Å². The quantitative estimate of drug-likeness (QED) is 0.837. The Morgan fingerprint density at radius 1 is 1.26 bits per heavy atom. The summed E-state index contributed by atoms with van der Waals surface area (Å²) in [5.41, 5.74) is 6.69. The van der Waals surface area contributed by atoms with Crippen molar-refractivity contribution in [3.05, 3.63) is 40.8 Å². The monoisotopic (exact) mass is 267 g/mol. The fraction of sp³-hybridized carbons (Fsp3) is 0.308. The zero-order valence-corrected chi connectivity index (χ0v) is 10.9. The standard InChI is InChI=1S/C13H15F2N3O/c1-6(12-7(2)18-19-8(12)3)17-13-10(14)4-9(16)5-11(13)15/h4-6,17H,16H2,1-3H3. The van der Waals surface area contributed by atoms with Crippen molar-refractivity contribution in [2.45, 2.75) is 26.8 Å². The van der Waals surface area contributed by atoms with Crippen molar-refractivity contribution in [2.75, 3.05) is 11.1 Å². The third kappa shape index (κ3) is 2.52. The summed E-state index contributed by atoms with van der Waals surface area (Å²) < 4.78 is 32.4. The summed E-state index contributed by atoms with van der Waals surface area (Å²) in [6.07, 6.45) is 0. The van der Waals surface area contributed by atoms with Crippen molar-refractivity contribution in [2.24, 2.45) is 0 Å². The summed E-state index contributed by atoms with van der Waals surface area (Å²) in [7, 11) is 0. The van der Waals surface area contributed by atoms with Gasteiger partial charge in [-0.05, 0) is 32.9 Å². The third-order valence-electron chi connectivity index (χ3n) is 2.95. The van der Waals surface area contributed by atoms with Gasteiger partial charge in [0.25, 0.3) is 0 Å². The van der Waals surface area contributed by atoms with Gasteiger partial charge in [-0.2, -0.15) is 0 Å². The molecule has 6 heteroatoms. The number of rotatable bonds is 3. The number of aromatic nitrogens is 1. The summed E-state index contributed by atoms with van der Waals surface area (Å²) in [5.74, 6) is -0.832. The molecule has 4 nitrogen and oxygen atoms in total. The van der Waals surface area contributed by atoms with Crippen molar-refractivity contribution >= 4 is 11.4 Å². The number of aryl methyl sites for hydroxylation is 2. The smallest absolute Gasteiger partial charge is 0.151 e. The Morgan fingerprint density at radius 2 is 1.84 bits per heavy atom. The fourth-order valence-electron chi connectivity index (χ4n) is 2.13.